The van der Waals surface area contributed by atoms with Crippen molar-refractivity contribution < 1.29 is 4.79 Å². The van der Waals surface area contributed by atoms with E-state index in [4.69, 9.17) is 0 Å². The van der Waals surface area contributed by atoms with Crippen molar-refractivity contribution in [1.29, 1.82) is 0 Å². The number of hydrogen-bond donors (Lipinski definition) is 0. The second kappa shape index (κ2) is 5.00. The van der Waals surface area contributed by atoms with Crippen molar-refractivity contribution in [3.8, 4) is 0 Å². The van der Waals surface area contributed by atoms with Crippen molar-refractivity contribution in [2.75, 3.05) is 13.1 Å². The van der Waals surface area contributed by atoms with E-state index in [9.17, 15) is 4.79 Å². The first kappa shape index (κ1) is 12.2. The highest BCUT2D eigenvalue weighted by Gasteiger charge is 2.36. The van der Waals surface area contributed by atoms with Gasteiger partial charge in [-0.3, -0.25) is 4.79 Å². The van der Waals surface area contributed by atoms with Gasteiger partial charge in [-0.2, -0.15) is 0 Å². The first-order chi connectivity index (χ1) is 8.78. The molecule has 0 bridgehead atoms. The Labute approximate surface area is 112 Å². The summed E-state index contributed by atoms with van der Waals surface area (Å²) < 4.78 is 0. The zero-order valence-electron chi connectivity index (χ0n) is 10.9. The molecule has 1 aliphatic heterocycles. The molecule has 0 aromatic carbocycles. The van der Waals surface area contributed by atoms with E-state index in [1.165, 1.54) is 17.1 Å². The predicted octanol–water partition coefficient (Wildman–Crippen LogP) is 2.82. The fourth-order valence-corrected chi connectivity index (χ4v) is 3.67. The number of likely N-dealkylation sites (tertiary alicyclic amines) is 1. The van der Waals surface area contributed by atoms with E-state index in [2.05, 4.69) is 22.2 Å². The van der Waals surface area contributed by atoms with Gasteiger partial charge in [0.2, 0.25) is 5.91 Å². The van der Waals surface area contributed by atoms with Crippen molar-refractivity contribution in [3.05, 3.63) is 16.1 Å². The quantitative estimate of drug-likeness (QED) is 0.841. The van der Waals surface area contributed by atoms with Gasteiger partial charge in [0.15, 0.2) is 0 Å². The molecule has 1 unspecified atom stereocenters. The minimum Gasteiger partial charge on any atom is -0.342 e. The van der Waals surface area contributed by atoms with E-state index in [1.54, 1.807) is 11.3 Å². The van der Waals surface area contributed by atoms with Gasteiger partial charge in [0.05, 0.1) is 10.7 Å². The topological polar surface area (TPSA) is 33.2 Å². The maximum Gasteiger partial charge on any atom is 0.225 e. The Bertz CT molecular complexity index is 439. The Morgan fingerprint density at radius 2 is 2.33 bits per heavy atom. The molecule has 1 aromatic heterocycles. The highest BCUT2D eigenvalue weighted by atomic mass is 32.1. The fourth-order valence-electron chi connectivity index (χ4n) is 2.64. The number of aryl methyl sites for hydroxylation is 1. The third-order valence-electron chi connectivity index (χ3n) is 3.94. The minimum absolute atomic E-state index is 0.353. The zero-order valence-corrected chi connectivity index (χ0v) is 11.7. The Kier molecular flexibility index (Phi) is 3.37. The van der Waals surface area contributed by atoms with Gasteiger partial charge in [-0.05, 0) is 32.1 Å². The Morgan fingerprint density at radius 1 is 1.50 bits per heavy atom. The van der Waals surface area contributed by atoms with E-state index in [0.717, 1.165) is 38.8 Å². The van der Waals surface area contributed by atoms with Gasteiger partial charge in [0, 0.05) is 30.3 Å². The average molecular weight is 264 g/mol. The Hall–Kier alpha value is -0.900. The highest BCUT2D eigenvalue weighted by molar-refractivity contribution is 7.09. The molecule has 18 heavy (non-hydrogen) atoms. The average Bonchev–Trinajstić information content (AvgIpc) is 3.15. The van der Waals surface area contributed by atoms with Crippen molar-refractivity contribution in [2.24, 2.45) is 5.92 Å². The molecule has 2 heterocycles. The van der Waals surface area contributed by atoms with Crippen LogP contribution < -0.4 is 0 Å². The van der Waals surface area contributed by atoms with Crippen molar-refractivity contribution >= 4 is 17.2 Å². The molecular weight excluding hydrogens is 244 g/mol. The number of rotatable bonds is 3. The van der Waals surface area contributed by atoms with E-state index >= 15 is 0 Å². The summed E-state index contributed by atoms with van der Waals surface area (Å²) >= 11 is 1.77. The standard InChI is InChI=1S/C14H20N2OS/c1-2-12-9-18-13(15-12)11-4-3-7-16(8-11)14(17)10-5-6-10/h9-11H,2-8H2,1H3. The van der Waals surface area contributed by atoms with Crippen LogP contribution in [0.1, 0.15) is 49.2 Å². The summed E-state index contributed by atoms with van der Waals surface area (Å²) in [4.78, 5) is 18.9. The van der Waals surface area contributed by atoms with Crippen LogP contribution in [-0.2, 0) is 11.2 Å². The summed E-state index contributed by atoms with van der Waals surface area (Å²) in [5.74, 6) is 1.23. The lowest BCUT2D eigenvalue weighted by molar-refractivity contribution is -0.133. The first-order valence-electron chi connectivity index (χ1n) is 7.01. The minimum atomic E-state index is 0.353. The Morgan fingerprint density at radius 3 is 3.00 bits per heavy atom. The lowest BCUT2D eigenvalue weighted by atomic mass is 9.98. The number of carbonyl (C=O) groups excluding carboxylic acids is 1. The van der Waals surface area contributed by atoms with Crippen LogP contribution in [0.2, 0.25) is 0 Å². The van der Waals surface area contributed by atoms with Gasteiger partial charge in [-0.1, -0.05) is 6.92 Å². The number of hydrogen-bond acceptors (Lipinski definition) is 3. The van der Waals surface area contributed by atoms with Crippen LogP contribution in [0, 0.1) is 5.92 Å². The van der Waals surface area contributed by atoms with Crippen LogP contribution in [0.15, 0.2) is 5.38 Å². The largest absolute Gasteiger partial charge is 0.342 e. The van der Waals surface area contributed by atoms with Gasteiger partial charge >= 0.3 is 0 Å². The van der Waals surface area contributed by atoms with Gasteiger partial charge < -0.3 is 4.90 Å². The van der Waals surface area contributed by atoms with Crippen LogP contribution in [-0.4, -0.2) is 28.9 Å². The number of piperidine rings is 1. The lowest BCUT2D eigenvalue weighted by Gasteiger charge is -2.32. The molecule has 0 N–H and O–H groups in total. The molecule has 1 aromatic rings. The molecular formula is C14H20N2OS. The smallest absolute Gasteiger partial charge is 0.225 e. The molecule has 1 saturated carbocycles. The first-order valence-corrected chi connectivity index (χ1v) is 7.89. The van der Waals surface area contributed by atoms with Crippen LogP contribution in [0.3, 0.4) is 0 Å². The molecule has 4 heteroatoms. The molecule has 3 rings (SSSR count). The number of aromatic nitrogens is 1. The molecule has 98 valence electrons. The number of thiazole rings is 1. The zero-order chi connectivity index (χ0) is 12.5. The number of amides is 1. The highest BCUT2D eigenvalue weighted by Crippen LogP contribution is 2.35. The summed E-state index contributed by atoms with van der Waals surface area (Å²) in [6, 6.07) is 0. The second-order valence-electron chi connectivity index (χ2n) is 5.43. The molecule has 3 nitrogen and oxygen atoms in total. The maximum absolute atomic E-state index is 12.1. The van der Waals surface area contributed by atoms with Gasteiger partial charge in [-0.15, -0.1) is 11.3 Å². The number of carbonyl (C=O) groups is 1. The number of nitrogens with zero attached hydrogens (tertiary/aromatic N) is 2. The normalized spacial score (nSPS) is 24.3. The van der Waals surface area contributed by atoms with Crippen molar-refractivity contribution in [2.45, 2.75) is 44.9 Å². The van der Waals surface area contributed by atoms with Gasteiger partial charge in [0.1, 0.15) is 0 Å². The van der Waals surface area contributed by atoms with Gasteiger partial charge in [0.25, 0.3) is 0 Å². The van der Waals surface area contributed by atoms with Crippen LogP contribution in [0.5, 0.6) is 0 Å². The molecule has 2 aliphatic rings. The summed E-state index contributed by atoms with van der Waals surface area (Å²) in [6.45, 7) is 3.99. The monoisotopic (exact) mass is 264 g/mol. The summed E-state index contributed by atoms with van der Waals surface area (Å²) in [5, 5.41) is 3.40. The third kappa shape index (κ3) is 2.44. The molecule has 0 spiro atoms. The second-order valence-corrected chi connectivity index (χ2v) is 6.32. The van der Waals surface area contributed by atoms with E-state index in [1.807, 2.05) is 0 Å². The van der Waals surface area contributed by atoms with Crippen molar-refractivity contribution in [3.63, 3.8) is 0 Å². The van der Waals surface area contributed by atoms with E-state index in [0.29, 0.717) is 17.7 Å². The van der Waals surface area contributed by atoms with Crippen molar-refractivity contribution in [1.82, 2.24) is 9.88 Å². The maximum atomic E-state index is 12.1. The Balaban J connectivity index is 1.67. The van der Waals surface area contributed by atoms with E-state index < -0.39 is 0 Å². The molecule has 1 atom stereocenters. The summed E-state index contributed by atoms with van der Waals surface area (Å²) in [6.07, 6.45) is 5.54. The fraction of sp³-hybridized carbons (Fsp3) is 0.714. The lowest BCUT2D eigenvalue weighted by Crippen LogP contribution is -2.39. The molecule has 1 saturated heterocycles. The van der Waals surface area contributed by atoms with E-state index in [-0.39, 0.29) is 0 Å². The third-order valence-corrected chi connectivity index (χ3v) is 5.00. The summed E-state index contributed by atoms with van der Waals surface area (Å²) in [5.41, 5.74) is 1.20. The van der Waals surface area contributed by atoms with Crippen LogP contribution >= 0.6 is 11.3 Å². The summed E-state index contributed by atoms with van der Waals surface area (Å²) in [7, 11) is 0. The molecule has 2 fully saturated rings. The van der Waals surface area contributed by atoms with Crippen LogP contribution in [0.4, 0.5) is 0 Å². The molecule has 1 aliphatic carbocycles. The SMILES string of the molecule is CCc1csc(C2CCCN(C(=O)C3CC3)C2)n1. The predicted molar refractivity (Wildman–Crippen MR) is 72.8 cm³/mol. The van der Waals surface area contributed by atoms with Gasteiger partial charge in [-0.25, -0.2) is 4.98 Å². The molecule has 0 radical (unpaired) electrons. The van der Waals surface area contributed by atoms with Crippen LogP contribution in [0.25, 0.3) is 0 Å². The molecule has 1 amide bonds.